The molecule has 29 heavy (non-hydrogen) atoms. The van der Waals surface area contributed by atoms with E-state index in [0.29, 0.717) is 18.8 Å². The van der Waals surface area contributed by atoms with Crippen molar-refractivity contribution in [3.05, 3.63) is 69.6 Å². The molecular formula is C23H26N4O2. The van der Waals surface area contributed by atoms with Gasteiger partial charge in [-0.2, -0.15) is 0 Å². The maximum Gasteiger partial charge on any atom is 0.272 e. The second-order valence-electron chi connectivity index (χ2n) is 7.72. The average Bonchev–Trinajstić information content (AvgIpc) is 2.74. The van der Waals surface area contributed by atoms with Crippen LogP contribution in [0, 0.1) is 20.8 Å². The van der Waals surface area contributed by atoms with E-state index in [1.165, 1.54) is 5.69 Å². The number of hydrogen-bond acceptors (Lipinski definition) is 4. The van der Waals surface area contributed by atoms with Crippen molar-refractivity contribution < 1.29 is 4.79 Å². The van der Waals surface area contributed by atoms with Crippen molar-refractivity contribution in [2.75, 3.05) is 31.1 Å². The lowest BCUT2D eigenvalue weighted by molar-refractivity contribution is -0.132. The zero-order valence-corrected chi connectivity index (χ0v) is 17.2. The molecule has 0 N–H and O–H groups in total. The molecule has 0 radical (unpaired) electrons. The summed E-state index contributed by atoms with van der Waals surface area (Å²) in [6, 6.07) is 14.2. The Bertz CT molecular complexity index is 1110. The predicted octanol–water partition coefficient (Wildman–Crippen LogP) is 2.67. The summed E-state index contributed by atoms with van der Waals surface area (Å²) in [5.74, 6) is -0.0232. The lowest BCUT2D eigenvalue weighted by atomic mass is 10.1. The van der Waals surface area contributed by atoms with Crippen molar-refractivity contribution in [2.24, 2.45) is 0 Å². The second-order valence-corrected chi connectivity index (χ2v) is 7.72. The summed E-state index contributed by atoms with van der Waals surface area (Å²) in [4.78, 5) is 34.3. The summed E-state index contributed by atoms with van der Waals surface area (Å²) in [5.41, 5.74) is 5.09. The molecule has 2 heterocycles. The Balaban J connectivity index is 1.55. The third-order valence-electron chi connectivity index (χ3n) is 5.77. The van der Waals surface area contributed by atoms with Crippen LogP contribution in [0.2, 0.25) is 0 Å². The van der Waals surface area contributed by atoms with Gasteiger partial charge in [-0.3, -0.25) is 14.2 Å². The Morgan fingerprint density at radius 1 is 0.966 bits per heavy atom. The van der Waals surface area contributed by atoms with Crippen molar-refractivity contribution in [3.63, 3.8) is 0 Å². The van der Waals surface area contributed by atoms with Crippen LogP contribution in [0.4, 0.5) is 5.69 Å². The number of anilines is 1. The van der Waals surface area contributed by atoms with Crippen LogP contribution in [0.1, 0.15) is 16.8 Å². The number of fused-ring (bicyclic) bond motifs is 1. The molecule has 4 rings (SSSR count). The van der Waals surface area contributed by atoms with Crippen LogP contribution in [0.5, 0.6) is 0 Å². The number of carbonyl (C=O) groups excluding carboxylic acids is 1. The number of hydrogen-bond donors (Lipinski definition) is 0. The highest BCUT2D eigenvalue weighted by Crippen LogP contribution is 2.18. The minimum Gasteiger partial charge on any atom is -0.368 e. The van der Waals surface area contributed by atoms with Gasteiger partial charge in [-0.15, -0.1) is 0 Å². The van der Waals surface area contributed by atoms with Crippen molar-refractivity contribution in [1.82, 2.24) is 14.5 Å². The maximum absolute atomic E-state index is 13.0. The van der Waals surface area contributed by atoms with Crippen LogP contribution in [0.3, 0.4) is 0 Å². The number of benzene rings is 2. The molecule has 0 spiro atoms. The van der Waals surface area contributed by atoms with Crippen molar-refractivity contribution in [3.8, 4) is 0 Å². The molecule has 1 amide bonds. The highest BCUT2D eigenvalue weighted by molar-refractivity contribution is 5.81. The summed E-state index contributed by atoms with van der Waals surface area (Å²) >= 11 is 0. The standard InChI is InChI=1S/C23H26N4O2/c1-16-13-20-21(14-17(16)2)27(23(29)18(3)24-20)15-22(28)26-11-9-25(10-12-26)19-7-5-4-6-8-19/h4-8,13-14H,9-12,15H2,1-3H3. The Morgan fingerprint density at radius 3 is 2.31 bits per heavy atom. The molecule has 1 aliphatic rings. The summed E-state index contributed by atoms with van der Waals surface area (Å²) < 4.78 is 1.58. The monoisotopic (exact) mass is 390 g/mol. The fraction of sp³-hybridized carbons (Fsp3) is 0.348. The van der Waals surface area contributed by atoms with Crippen LogP contribution in [-0.4, -0.2) is 46.5 Å². The van der Waals surface area contributed by atoms with E-state index >= 15 is 0 Å². The zero-order valence-electron chi connectivity index (χ0n) is 17.2. The molecule has 0 aliphatic carbocycles. The van der Waals surface area contributed by atoms with E-state index in [2.05, 4.69) is 22.0 Å². The highest BCUT2D eigenvalue weighted by Gasteiger charge is 2.22. The summed E-state index contributed by atoms with van der Waals surface area (Å²) in [5, 5.41) is 0. The van der Waals surface area contributed by atoms with Crippen molar-refractivity contribution >= 4 is 22.6 Å². The molecule has 1 aromatic heterocycles. The molecule has 1 fully saturated rings. The van der Waals surface area contributed by atoms with Gasteiger partial charge in [0, 0.05) is 31.9 Å². The van der Waals surface area contributed by atoms with Gasteiger partial charge in [-0.25, -0.2) is 4.98 Å². The number of piperazine rings is 1. The van der Waals surface area contributed by atoms with Gasteiger partial charge in [0.15, 0.2) is 0 Å². The number of rotatable bonds is 3. The molecule has 6 heteroatoms. The average molecular weight is 390 g/mol. The summed E-state index contributed by atoms with van der Waals surface area (Å²) in [6.45, 7) is 8.68. The first-order valence-corrected chi connectivity index (χ1v) is 10.00. The fourth-order valence-electron chi connectivity index (χ4n) is 3.87. The molecule has 0 atom stereocenters. The van der Waals surface area contributed by atoms with Gasteiger partial charge in [0.05, 0.1) is 11.0 Å². The number of amides is 1. The lowest BCUT2D eigenvalue weighted by Gasteiger charge is -2.36. The SMILES string of the molecule is Cc1cc2nc(C)c(=O)n(CC(=O)N3CCN(c4ccccc4)CC3)c2cc1C. The van der Waals surface area contributed by atoms with E-state index in [4.69, 9.17) is 0 Å². The van der Waals surface area contributed by atoms with Crippen molar-refractivity contribution in [2.45, 2.75) is 27.3 Å². The molecule has 1 saturated heterocycles. The first kappa shape index (κ1) is 19.2. The summed E-state index contributed by atoms with van der Waals surface area (Å²) in [7, 11) is 0. The molecule has 0 saturated carbocycles. The Labute approximate surface area is 170 Å². The van der Waals surface area contributed by atoms with Gasteiger partial charge >= 0.3 is 0 Å². The van der Waals surface area contributed by atoms with E-state index in [9.17, 15) is 9.59 Å². The van der Waals surface area contributed by atoms with Crippen LogP contribution < -0.4 is 10.5 Å². The summed E-state index contributed by atoms with van der Waals surface area (Å²) in [6.07, 6.45) is 0. The first-order chi connectivity index (χ1) is 13.9. The van der Waals surface area contributed by atoms with Gasteiger partial charge in [0.25, 0.3) is 5.56 Å². The van der Waals surface area contributed by atoms with E-state index < -0.39 is 0 Å². The van der Waals surface area contributed by atoms with Crippen molar-refractivity contribution in [1.29, 1.82) is 0 Å². The highest BCUT2D eigenvalue weighted by atomic mass is 16.2. The van der Waals surface area contributed by atoms with Gasteiger partial charge in [-0.1, -0.05) is 18.2 Å². The normalized spacial score (nSPS) is 14.4. The minimum absolute atomic E-state index is 0.0232. The van der Waals surface area contributed by atoms with E-state index in [-0.39, 0.29) is 18.0 Å². The molecule has 0 bridgehead atoms. The van der Waals surface area contributed by atoms with Gasteiger partial charge in [0.2, 0.25) is 5.91 Å². The van der Waals surface area contributed by atoms with Gasteiger partial charge < -0.3 is 9.80 Å². The minimum atomic E-state index is -0.197. The Kier molecular flexibility index (Phi) is 5.09. The molecule has 0 unspecified atom stereocenters. The number of aryl methyl sites for hydroxylation is 3. The molecule has 3 aromatic rings. The fourth-order valence-corrected chi connectivity index (χ4v) is 3.87. The van der Waals surface area contributed by atoms with E-state index in [0.717, 1.165) is 35.2 Å². The number of aromatic nitrogens is 2. The first-order valence-electron chi connectivity index (χ1n) is 10.00. The third-order valence-corrected chi connectivity index (χ3v) is 5.77. The maximum atomic E-state index is 13.0. The molecular weight excluding hydrogens is 364 g/mol. The largest absolute Gasteiger partial charge is 0.368 e. The molecule has 2 aromatic carbocycles. The molecule has 6 nitrogen and oxygen atoms in total. The quantitative estimate of drug-likeness (QED) is 0.690. The van der Waals surface area contributed by atoms with E-state index in [1.54, 1.807) is 11.5 Å². The molecule has 150 valence electrons. The van der Waals surface area contributed by atoms with Gasteiger partial charge in [-0.05, 0) is 56.2 Å². The second kappa shape index (κ2) is 7.70. The zero-order chi connectivity index (χ0) is 20.5. The predicted molar refractivity (Wildman–Crippen MR) is 115 cm³/mol. The Hall–Kier alpha value is -3.15. The van der Waals surface area contributed by atoms with Crippen LogP contribution in [0.25, 0.3) is 11.0 Å². The topological polar surface area (TPSA) is 58.4 Å². The number of nitrogens with zero attached hydrogens (tertiary/aromatic N) is 4. The van der Waals surface area contributed by atoms with Crippen LogP contribution >= 0.6 is 0 Å². The van der Waals surface area contributed by atoms with Crippen LogP contribution in [-0.2, 0) is 11.3 Å². The van der Waals surface area contributed by atoms with Crippen LogP contribution in [0.15, 0.2) is 47.3 Å². The molecule has 1 aliphatic heterocycles. The third kappa shape index (κ3) is 3.75. The lowest BCUT2D eigenvalue weighted by Crippen LogP contribution is -2.50. The number of carbonyl (C=O) groups is 1. The van der Waals surface area contributed by atoms with E-state index in [1.807, 2.05) is 49.1 Å². The Morgan fingerprint density at radius 2 is 1.62 bits per heavy atom. The smallest absolute Gasteiger partial charge is 0.272 e. The van der Waals surface area contributed by atoms with Gasteiger partial charge in [0.1, 0.15) is 12.2 Å². The number of para-hydroxylation sites is 1.